The minimum absolute atomic E-state index is 0.113. The van der Waals surface area contributed by atoms with Gasteiger partial charge < -0.3 is 14.2 Å². The molecule has 0 amide bonds. The summed E-state index contributed by atoms with van der Waals surface area (Å²) in [5.74, 6) is 0.802. The number of methoxy groups -OCH3 is 1. The molecular formula is C20H16FN3O4. The lowest BCUT2D eigenvalue weighted by Crippen LogP contribution is -2.12. The number of rotatable bonds is 6. The molecule has 8 heteroatoms. The van der Waals surface area contributed by atoms with Gasteiger partial charge in [0.2, 0.25) is 17.4 Å². The van der Waals surface area contributed by atoms with Crippen molar-refractivity contribution < 1.29 is 18.6 Å². The molecule has 0 bridgehead atoms. The van der Waals surface area contributed by atoms with E-state index in [1.165, 1.54) is 25.3 Å². The molecule has 0 fully saturated rings. The van der Waals surface area contributed by atoms with Crippen LogP contribution in [0.2, 0.25) is 0 Å². The van der Waals surface area contributed by atoms with Crippen LogP contribution in [0, 0.1) is 19.3 Å². The van der Waals surface area contributed by atoms with Crippen molar-refractivity contribution in [2.75, 3.05) is 7.11 Å². The molecule has 0 aliphatic carbocycles. The van der Waals surface area contributed by atoms with Gasteiger partial charge in [-0.15, -0.1) is 0 Å². The van der Waals surface area contributed by atoms with Crippen LogP contribution in [0.15, 0.2) is 47.3 Å². The predicted molar refractivity (Wildman–Crippen MR) is 99.7 cm³/mol. The molecule has 0 spiro atoms. The fourth-order valence-electron chi connectivity index (χ4n) is 2.39. The van der Waals surface area contributed by atoms with Gasteiger partial charge >= 0.3 is 5.69 Å². The zero-order chi connectivity index (χ0) is 20.1. The highest BCUT2D eigenvalue weighted by Gasteiger charge is 2.09. The normalized spacial score (nSPS) is 10.2. The van der Waals surface area contributed by atoms with Crippen LogP contribution < -0.4 is 19.9 Å². The quantitative estimate of drug-likeness (QED) is 0.649. The Morgan fingerprint density at radius 3 is 2.75 bits per heavy atom. The monoisotopic (exact) mass is 381 g/mol. The molecule has 2 aromatic carbocycles. The van der Waals surface area contributed by atoms with E-state index in [-0.39, 0.29) is 29.9 Å². The summed E-state index contributed by atoms with van der Waals surface area (Å²) in [6.07, 6.45) is 0. The zero-order valence-corrected chi connectivity index (χ0v) is 15.2. The molecular weight excluding hydrogens is 365 g/mol. The smallest absolute Gasteiger partial charge is 0.351 e. The molecule has 0 aliphatic rings. The Balaban J connectivity index is 1.76. The Hall–Kier alpha value is -3.86. The van der Waals surface area contributed by atoms with Gasteiger partial charge in [0.15, 0.2) is 0 Å². The number of ether oxygens (including phenoxy) is 3. The summed E-state index contributed by atoms with van der Waals surface area (Å²) >= 11 is 0. The van der Waals surface area contributed by atoms with E-state index in [0.29, 0.717) is 22.6 Å². The first-order valence-electron chi connectivity index (χ1n) is 8.21. The third-order valence-corrected chi connectivity index (χ3v) is 3.80. The molecule has 1 N–H and O–H groups in total. The number of hydrogen-bond donors (Lipinski definition) is 1. The van der Waals surface area contributed by atoms with Crippen LogP contribution in [0.3, 0.4) is 0 Å². The highest BCUT2D eigenvalue weighted by Crippen LogP contribution is 2.33. The van der Waals surface area contributed by atoms with Gasteiger partial charge in [0.25, 0.3) is 0 Å². The molecule has 7 nitrogen and oxygen atoms in total. The standard InChI is InChI=1S/C20H16FN3O4/c1-12-8-14(5-6-15(12)21)28-17-7-4-13(9-16(17)22-2)11-27-19-10-18(26-3)23-20(25)24-19/h4-10H,11H2,1,3H3,(H,23,24,25). The lowest BCUT2D eigenvalue weighted by molar-refractivity contribution is 0.288. The molecule has 0 saturated carbocycles. The second kappa shape index (κ2) is 8.22. The Kier molecular flexibility index (Phi) is 5.56. The van der Waals surface area contributed by atoms with E-state index >= 15 is 0 Å². The third-order valence-electron chi connectivity index (χ3n) is 3.80. The maximum absolute atomic E-state index is 13.4. The van der Waals surface area contributed by atoms with E-state index in [2.05, 4.69) is 14.8 Å². The van der Waals surface area contributed by atoms with E-state index in [1.54, 1.807) is 31.2 Å². The van der Waals surface area contributed by atoms with E-state index in [1.807, 2.05) is 0 Å². The molecule has 0 atom stereocenters. The third kappa shape index (κ3) is 4.45. The van der Waals surface area contributed by atoms with Crippen LogP contribution in [0.25, 0.3) is 4.85 Å². The van der Waals surface area contributed by atoms with Crippen molar-refractivity contribution in [1.29, 1.82) is 0 Å². The van der Waals surface area contributed by atoms with E-state index in [9.17, 15) is 9.18 Å². The number of benzene rings is 2. The van der Waals surface area contributed by atoms with Crippen molar-refractivity contribution in [3.05, 3.63) is 81.3 Å². The van der Waals surface area contributed by atoms with Gasteiger partial charge in [-0.05, 0) is 48.4 Å². The maximum atomic E-state index is 13.4. The fourth-order valence-corrected chi connectivity index (χ4v) is 2.39. The summed E-state index contributed by atoms with van der Waals surface area (Å²) in [5, 5.41) is 0. The highest BCUT2D eigenvalue weighted by molar-refractivity contribution is 5.60. The average Bonchev–Trinajstić information content (AvgIpc) is 2.69. The molecule has 1 aromatic heterocycles. The van der Waals surface area contributed by atoms with Gasteiger partial charge in [0.1, 0.15) is 23.9 Å². The maximum Gasteiger partial charge on any atom is 0.351 e. The molecule has 28 heavy (non-hydrogen) atoms. The lowest BCUT2D eigenvalue weighted by atomic mass is 10.2. The summed E-state index contributed by atoms with van der Waals surface area (Å²) in [7, 11) is 1.40. The van der Waals surface area contributed by atoms with Crippen molar-refractivity contribution in [3.8, 4) is 23.3 Å². The van der Waals surface area contributed by atoms with Crippen LogP contribution in [0.5, 0.6) is 23.3 Å². The van der Waals surface area contributed by atoms with E-state index < -0.39 is 5.69 Å². The first-order valence-corrected chi connectivity index (χ1v) is 8.21. The summed E-state index contributed by atoms with van der Waals surface area (Å²) in [5.41, 5.74) is 0.845. The van der Waals surface area contributed by atoms with Gasteiger partial charge in [-0.3, -0.25) is 4.98 Å². The summed E-state index contributed by atoms with van der Waals surface area (Å²) < 4.78 is 29.6. The van der Waals surface area contributed by atoms with Crippen molar-refractivity contribution in [3.63, 3.8) is 0 Å². The Morgan fingerprint density at radius 2 is 2.04 bits per heavy atom. The molecule has 3 rings (SSSR count). The second-order valence-electron chi connectivity index (χ2n) is 5.81. The molecule has 0 unspecified atom stereocenters. The van der Waals surface area contributed by atoms with Crippen molar-refractivity contribution in [1.82, 2.24) is 9.97 Å². The highest BCUT2D eigenvalue weighted by atomic mass is 19.1. The summed E-state index contributed by atoms with van der Waals surface area (Å²) in [6.45, 7) is 9.12. The lowest BCUT2D eigenvalue weighted by Gasteiger charge is -2.11. The minimum atomic E-state index is -0.588. The predicted octanol–water partition coefficient (Wildman–Crippen LogP) is 4.15. The van der Waals surface area contributed by atoms with Gasteiger partial charge in [0, 0.05) is 0 Å². The van der Waals surface area contributed by atoms with Crippen molar-refractivity contribution in [2.45, 2.75) is 13.5 Å². The minimum Gasteiger partial charge on any atom is -0.481 e. The SMILES string of the molecule is [C-]#[N+]c1cc(COc2cc(OC)nc(=O)[nH]2)ccc1Oc1ccc(F)c(C)c1. The van der Waals surface area contributed by atoms with Gasteiger partial charge in [-0.1, -0.05) is 6.07 Å². The van der Waals surface area contributed by atoms with Crippen molar-refractivity contribution in [2.24, 2.45) is 0 Å². The second-order valence-corrected chi connectivity index (χ2v) is 5.81. The Morgan fingerprint density at radius 1 is 1.21 bits per heavy atom. The van der Waals surface area contributed by atoms with E-state index in [4.69, 9.17) is 20.8 Å². The molecule has 0 aliphatic heterocycles. The number of halogens is 1. The van der Waals surface area contributed by atoms with Crippen LogP contribution in [0.1, 0.15) is 11.1 Å². The van der Waals surface area contributed by atoms with Crippen LogP contribution in [0.4, 0.5) is 10.1 Å². The van der Waals surface area contributed by atoms with E-state index in [0.717, 1.165) is 0 Å². The topological polar surface area (TPSA) is 77.8 Å². The Bertz CT molecular complexity index is 1110. The number of aryl methyl sites for hydroxylation is 1. The van der Waals surface area contributed by atoms with Gasteiger partial charge in [-0.25, -0.2) is 14.0 Å². The van der Waals surface area contributed by atoms with Crippen LogP contribution in [-0.2, 0) is 6.61 Å². The first kappa shape index (κ1) is 18.9. The van der Waals surface area contributed by atoms with Gasteiger partial charge in [0.05, 0.1) is 19.7 Å². The van der Waals surface area contributed by atoms with Crippen LogP contribution >= 0.6 is 0 Å². The molecule has 1 heterocycles. The van der Waals surface area contributed by atoms with Crippen molar-refractivity contribution >= 4 is 5.69 Å². The van der Waals surface area contributed by atoms with Gasteiger partial charge in [-0.2, -0.15) is 4.98 Å². The first-order chi connectivity index (χ1) is 13.5. The number of hydrogen-bond acceptors (Lipinski definition) is 5. The summed E-state index contributed by atoms with van der Waals surface area (Å²) in [4.78, 5) is 21.0. The number of nitrogens with one attached hydrogen (secondary N) is 1. The number of nitrogens with zero attached hydrogens (tertiary/aromatic N) is 2. The Labute approximate surface area is 160 Å². The molecule has 3 aromatic rings. The zero-order valence-electron chi connectivity index (χ0n) is 15.2. The van der Waals surface area contributed by atoms with Crippen LogP contribution in [-0.4, -0.2) is 17.1 Å². The average molecular weight is 381 g/mol. The molecule has 0 radical (unpaired) electrons. The largest absolute Gasteiger partial charge is 0.481 e. The number of aromatic nitrogens is 2. The fraction of sp³-hybridized carbons (Fsp3) is 0.150. The molecule has 142 valence electrons. The summed E-state index contributed by atoms with van der Waals surface area (Å²) in [6, 6.07) is 10.8. The number of H-pyrrole nitrogens is 1. The number of aromatic amines is 1. The molecule has 0 saturated heterocycles.